The van der Waals surface area contributed by atoms with Crippen LogP contribution in [0.25, 0.3) is 32.9 Å². The number of thiazole rings is 1. The van der Waals surface area contributed by atoms with Crippen molar-refractivity contribution in [2.45, 2.75) is 0 Å². The van der Waals surface area contributed by atoms with Gasteiger partial charge in [-0.05, 0) is 30.3 Å². The van der Waals surface area contributed by atoms with Gasteiger partial charge in [0.1, 0.15) is 11.1 Å². The van der Waals surface area contributed by atoms with Crippen molar-refractivity contribution >= 4 is 44.2 Å². The summed E-state index contributed by atoms with van der Waals surface area (Å²) in [5.74, 6) is 0. The maximum Gasteiger partial charge on any atom is 0.135 e. The van der Waals surface area contributed by atoms with Crippen LogP contribution in [0.15, 0.2) is 54.7 Å². The zero-order valence-electron chi connectivity index (χ0n) is 12.0. The molecule has 4 nitrogen and oxygen atoms in total. The molecule has 0 saturated heterocycles. The van der Waals surface area contributed by atoms with Gasteiger partial charge in [-0.1, -0.05) is 24.3 Å². The van der Waals surface area contributed by atoms with Crippen LogP contribution in [-0.2, 0) is 0 Å². The molecule has 0 spiro atoms. The minimum Gasteiger partial charge on any atom is -0.252 e. The lowest BCUT2D eigenvalue weighted by atomic mass is 10.2. The second-order valence-electron chi connectivity index (χ2n) is 4.94. The number of nitriles is 1. The number of benzene rings is 2. The Morgan fingerprint density at radius 1 is 0.957 bits per heavy atom. The Bertz CT molecular complexity index is 1060. The second-order valence-corrected chi connectivity index (χ2v) is 5.97. The molecule has 0 N–H and O–H groups in total. The first-order valence-electron chi connectivity index (χ1n) is 7.03. The normalized spacial score (nSPS) is 11.7. The monoisotopic (exact) mass is 314 g/mol. The van der Waals surface area contributed by atoms with Crippen LogP contribution in [0, 0.1) is 11.3 Å². The zero-order chi connectivity index (χ0) is 15.6. The van der Waals surface area contributed by atoms with Gasteiger partial charge in [0.05, 0.1) is 38.7 Å². The molecule has 4 rings (SSSR count). The highest BCUT2D eigenvalue weighted by Crippen LogP contribution is 2.27. The third-order valence-electron chi connectivity index (χ3n) is 3.40. The minimum atomic E-state index is 0.496. The second kappa shape index (κ2) is 5.59. The number of fused-ring (bicyclic) bond motifs is 2. The molecule has 0 aliphatic heterocycles. The Morgan fingerprint density at radius 2 is 1.70 bits per heavy atom. The van der Waals surface area contributed by atoms with Gasteiger partial charge >= 0.3 is 0 Å². The average Bonchev–Trinajstić information content (AvgIpc) is 3.03. The number of nitrogens with zero attached hydrogens (tertiary/aromatic N) is 4. The lowest BCUT2D eigenvalue weighted by Crippen LogP contribution is -1.88. The van der Waals surface area contributed by atoms with Gasteiger partial charge in [0, 0.05) is 0 Å². The average molecular weight is 314 g/mol. The van der Waals surface area contributed by atoms with E-state index < -0.39 is 0 Å². The maximum absolute atomic E-state index is 9.48. The fourth-order valence-corrected chi connectivity index (χ4v) is 3.25. The van der Waals surface area contributed by atoms with Crippen molar-refractivity contribution in [1.82, 2.24) is 15.0 Å². The predicted octanol–water partition coefficient (Wildman–Crippen LogP) is 4.30. The Labute approximate surface area is 136 Å². The molecule has 5 heteroatoms. The zero-order valence-corrected chi connectivity index (χ0v) is 12.8. The third kappa shape index (κ3) is 2.56. The van der Waals surface area contributed by atoms with Gasteiger partial charge in [-0.25, -0.2) is 9.97 Å². The molecule has 0 atom stereocenters. The van der Waals surface area contributed by atoms with E-state index in [0.717, 1.165) is 21.3 Å². The highest BCUT2D eigenvalue weighted by molar-refractivity contribution is 7.19. The fourth-order valence-electron chi connectivity index (χ4n) is 2.32. The molecule has 2 aromatic carbocycles. The summed E-state index contributed by atoms with van der Waals surface area (Å²) in [6.45, 7) is 0. The van der Waals surface area contributed by atoms with Gasteiger partial charge in [-0.15, -0.1) is 11.3 Å². The molecule has 2 aromatic heterocycles. The van der Waals surface area contributed by atoms with Crippen molar-refractivity contribution in [3.63, 3.8) is 0 Å². The van der Waals surface area contributed by atoms with Crippen LogP contribution in [0.1, 0.15) is 10.7 Å². The fraction of sp³-hybridized carbons (Fsp3) is 0. The molecule has 108 valence electrons. The van der Waals surface area contributed by atoms with Gasteiger partial charge in [-0.2, -0.15) is 5.26 Å². The summed E-state index contributed by atoms with van der Waals surface area (Å²) in [6, 6.07) is 17.7. The van der Waals surface area contributed by atoms with Crippen LogP contribution in [0.5, 0.6) is 0 Å². The summed E-state index contributed by atoms with van der Waals surface area (Å²) in [7, 11) is 0. The molecular formula is C18H10N4S. The van der Waals surface area contributed by atoms with E-state index in [4.69, 9.17) is 0 Å². The largest absolute Gasteiger partial charge is 0.252 e. The van der Waals surface area contributed by atoms with Crippen LogP contribution in [0.4, 0.5) is 0 Å². The van der Waals surface area contributed by atoms with E-state index in [0.29, 0.717) is 16.3 Å². The van der Waals surface area contributed by atoms with Gasteiger partial charge in [-0.3, -0.25) is 4.98 Å². The molecular weight excluding hydrogens is 304 g/mol. The lowest BCUT2D eigenvalue weighted by molar-refractivity contribution is 1.27. The van der Waals surface area contributed by atoms with Crippen LogP contribution in [0.2, 0.25) is 0 Å². The number of rotatable bonds is 2. The Morgan fingerprint density at radius 3 is 2.48 bits per heavy atom. The van der Waals surface area contributed by atoms with Gasteiger partial charge in [0.15, 0.2) is 0 Å². The molecule has 0 saturated carbocycles. The van der Waals surface area contributed by atoms with Crippen LogP contribution < -0.4 is 0 Å². The van der Waals surface area contributed by atoms with Crippen molar-refractivity contribution in [3.8, 4) is 6.07 Å². The summed E-state index contributed by atoms with van der Waals surface area (Å²) >= 11 is 1.50. The van der Waals surface area contributed by atoms with E-state index in [1.807, 2.05) is 48.5 Å². The summed E-state index contributed by atoms with van der Waals surface area (Å²) < 4.78 is 1.06. The molecule has 0 amide bonds. The highest BCUT2D eigenvalue weighted by Gasteiger charge is 2.09. The molecule has 2 heterocycles. The number of hydrogen-bond acceptors (Lipinski definition) is 5. The van der Waals surface area contributed by atoms with E-state index in [1.165, 1.54) is 11.3 Å². The topological polar surface area (TPSA) is 62.5 Å². The minimum absolute atomic E-state index is 0.496. The standard InChI is InChI=1S/C18H10N4S/c19-10-12(18-22-16-7-3-4-8-17(16)23-18)9-13-11-20-14-5-1-2-6-15(14)21-13/h1-9,11H. The van der Waals surface area contributed by atoms with E-state index >= 15 is 0 Å². The van der Waals surface area contributed by atoms with Gasteiger partial charge in [0.25, 0.3) is 0 Å². The molecule has 0 bridgehead atoms. The molecule has 0 unspecified atom stereocenters. The SMILES string of the molecule is N#CC(=Cc1cnc2ccccc2n1)c1nc2ccccc2s1. The third-order valence-corrected chi connectivity index (χ3v) is 4.47. The van der Waals surface area contributed by atoms with Crippen molar-refractivity contribution in [2.75, 3.05) is 0 Å². The van der Waals surface area contributed by atoms with E-state index in [-0.39, 0.29) is 0 Å². The number of hydrogen-bond donors (Lipinski definition) is 0. The quantitative estimate of drug-likeness (QED) is 0.517. The first-order valence-corrected chi connectivity index (χ1v) is 7.85. The summed E-state index contributed by atoms with van der Waals surface area (Å²) in [4.78, 5) is 13.4. The highest BCUT2D eigenvalue weighted by atomic mass is 32.1. The van der Waals surface area contributed by atoms with Gasteiger partial charge < -0.3 is 0 Å². The summed E-state index contributed by atoms with van der Waals surface area (Å²) in [6.07, 6.45) is 3.41. The predicted molar refractivity (Wildman–Crippen MR) is 92.6 cm³/mol. The first kappa shape index (κ1) is 13.6. The number of para-hydroxylation sites is 3. The van der Waals surface area contributed by atoms with Crippen LogP contribution in [0.3, 0.4) is 0 Å². The molecule has 0 radical (unpaired) electrons. The first-order chi connectivity index (χ1) is 11.3. The van der Waals surface area contributed by atoms with E-state index in [9.17, 15) is 5.26 Å². The Kier molecular flexibility index (Phi) is 3.30. The smallest absolute Gasteiger partial charge is 0.135 e. The number of allylic oxidation sites excluding steroid dienone is 1. The molecule has 0 aliphatic carbocycles. The summed E-state index contributed by atoms with van der Waals surface area (Å²) in [5.41, 5.74) is 3.69. The summed E-state index contributed by atoms with van der Waals surface area (Å²) in [5, 5.41) is 10.2. The van der Waals surface area contributed by atoms with Crippen molar-refractivity contribution in [2.24, 2.45) is 0 Å². The Hall–Kier alpha value is -3.10. The van der Waals surface area contributed by atoms with E-state index in [1.54, 1.807) is 12.3 Å². The van der Waals surface area contributed by atoms with E-state index in [2.05, 4.69) is 21.0 Å². The molecule has 23 heavy (non-hydrogen) atoms. The van der Waals surface area contributed by atoms with Crippen LogP contribution in [-0.4, -0.2) is 15.0 Å². The lowest BCUT2D eigenvalue weighted by Gasteiger charge is -1.98. The van der Waals surface area contributed by atoms with Crippen molar-refractivity contribution < 1.29 is 0 Å². The van der Waals surface area contributed by atoms with Gasteiger partial charge in [0.2, 0.25) is 0 Å². The van der Waals surface area contributed by atoms with Crippen LogP contribution >= 0.6 is 11.3 Å². The van der Waals surface area contributed by atoms with Crippen molar-refractivity contribution in [3.05, 3.63) is 65.4 Å². The molecule has 0 aliphatic rings. The number of aromatic nitrogens is 3. The van der Waals surface area contributed by atoms with Crippen molar-refractivity contribution in [1.29, 1.82) is 5.26 Å². The molecule has 0 fully saturated rings. The maximum atomic E-state index is 9.48. The molecule has 4 aromatic rings. The Balaban J connectivity index is 1.81.